The van der Waals surface area contributed by atoms with Crippen molar-refractivity contribution in [2.24, 2.45) is 0 Å². The van der Waals surface area contributed by atoms with E-state index < -0.39 is 21.1 Å². The second kappa shape index (κ2) is 6.35. The Morgan fingerprint density at radius 3 is 1.73 bits per heavy atom. The normalized spacial score (nSPS) is 8.73. The Labute approximate surface area is 73.3 Å². The second-order valence-corrected chi connectivity index (χ2v) is 2.76. The highest BCUT2D eigenvalue weighted by Gasteiger charge is 1.89. The van der Waals surface area contributed by atoms with Crippen LogP contribution in [-0.2, 0) is 0 Å². The molecule has 0 aliphatic rings. The summed E-state index contributed by atoms with van der Waals surface area (Å²) < 4.78 is 24.5. The standard InChI is InChI=1S/C6H7N.HIO3/c7-6-4-2-1-3-5-6;2-1(3)4/h1-5H,7H2;2H. The molecule has 0 aliphatic heterocycles. The number of halogens is 1. The fraction of sp³-hybridized carbons (Fsp3) is 0. The van der Waals surface area contributed by atoms with E-state index in [0.29, 0.717) is 0 Å². The number of nitrogens with two attached hydrogens (primary N) is 1. The van der Waals surface area contributed by atoms with Crippen molar-refractivity contribution in [3.05, 3.63) is 30.3 Å². The molecule has 0 heterocycles. The van der Waals surface area contributed by atoms with E-state index in [1.165, 1.54) is 0 Å². The lowest BCUT2D eigenvalue weighted by molar-refractivity contribution is -1.63. The highest BCUT2D eigenvalue weighted by molar-refractivity contribution is 5.35. The summed E-state index contributed by atoms with van der Waals surface area (Å²) in [6.07, 6.45) is 0. The molecule has 1 aromatic rings. The van der Waals surface area contributed by atoms with Crippen LogP contribution in [0.2, 0.25) is 0 Å². The molecule has 5 heteroatoms. The van der Waals surface area contributed by atoms with Gasteiger partial charge in [0, 0.05) is 5.69 Å². The molecule has 0 unspecified atom stereocenters. The van der Waals surface area contributed by atoms with Crippen molar-refractivity contribution in [1.29, 1.82) is 0 Å². The fourth-order valence-corrected chi connectivity index (χ4v) is 0.453. The van der Waals surface area contributed by atoms with Crippen molar-refractivity contribution in [3.8, 4) is 0 Å². The first-order chi connectivity index (χ1) is 5.13. The third kappa shape index (κ3) is 9.63. The van der Waals surface area contributed by atoms with Crippen LogP contribution in [0.25, 0.3) is 0 Å². The predicted octanol–water partition coefficient (Wildman–Crippen LogP) is -4.66. The molecular weight excluding hydrogens is 261 g/mol. The van der Waals surface area contributed by atoms with Crippen LogP contribution in [0.15, 0.2) is 30.3 Å². The molecule has 4 nitrogen and oxygen atoms in total. The first-order valence-electron chi connectivity index (χ1n) is 2.68. The van der Waals surface area contributed by atoms with Gasteiger partial charge in [-0.25, -0.2) is 0 Å². The summed E-state index contributed by atoms with van der Waals surface area (Å²) >= 11 is -3.76. The zero-order valence-corrected chi connectivity index (χ0v) is 7.76. The summed E-state index contributed by atoms with van der Waals surface area (Å²) in [5.41, 5.74) is 6.18. The largest absolute Gasteiger partial charge is 0.503 e. The first kappa shape index (κ1) is 10.6. The highest BCUT2D eigenvalue weighted by atomic mass is 127. The van der Waals surface area contributed by atoms with E-state index >= 15 is 0 Å². The lowest BCUT2D eigenvalue weighted by Gasteiger charge is -1.83. The number of para-hydroxylation sites is 1. The van der Waals surface area contributed by atoms with Gasteiger partial charge in [-0.15, -0.1) is 0 Å². The van der Waals surface area contributed by atoms with Crippen molar-refractivity contribution < 1.29 is 31.4 Å². The number of nitrogen functional groups attached to an aromatic ring is 1. The molecule has 1 aromatic carbocycles. The molecule has 0 fully saturated rings. The van der Waals surface area contributed by atoms with Crippen molar-refractivity contribution in [1.82, 2.24) is 0 Å². The van der Waals surface area contributed by atoms with Crippen LogP contribution in [0.4, 0.5) is 5.69 Å². The molecule has 0 atom stereocenters. The van der Waals surface area contributed by atoms with E-state index in [-0.39, 0.29) is 0 Å². The zero-order chi connectivity index (χ0) is 8.69. The number of rotatable bonds is 0. The van der Waals surface area contributed by atoms with Crippen LogP contribution < -0.4 is 33.7 Å². The average molecular weight is 269 g/mol. The van der Waals surface area contributed by atoms with Gasteiger partial charge in [0.1, 0.15) is 0 Å². The molecule has 11 heavy (non-hydrogen) atoms. The van der Waals surface area contributed by atoms with Gasteiger partial charge in [-0.2, -0.15) is 0 Å². The summed E-state index contributed by atoms with van der Waals surface area (Å²) in [4.78, 5) is 0. The summed E-state index contributed by atoms with van der Waals surface area (Å²) in [6, 6.07) is 9.49. The van der Waals surface area contributed by atoms with Gasteiger partial charge >= 0.3 is 21.1 Å². The highest BCUT2D eigenvalue weighted by Crippen LogP contribution is 1.95. The van der Waals surface area contributed by atoms with Crippen molar-refractivity contribution >= 4 is 5.69 Å². The van der Waals surface area contributed by atoms with Gasteiger partial charge in [0.25, 0.3) is 0 Å². The minimum Gasteiger partial charge on any atom is -0.399 e. The van der Waals surface area contributed by atoms with E-state index in [4.69, 9.17) is 16.0 Å². The molecule has 62 valence electrons. The van der Waals surface area contributed by atoms with E-state index in [2.05, 4.69) is 0 Å². The van der Waals surface area contributed by atoms with Crippen molar-refractivity contribution in [2.75, 3.05) is 5.73 Å². The second-order valence-electron chi connectivity index (χ2n) is 1.61. The molecule has 0 saturated heterocycles. The zero-order valence-electron chi connectivity index (χ0n) is 5.61. The first-order valence-corrected chi connectivity index (χ1v) is 5.40. The maximum absolute atomic E-state index is 8.68. The average Bonchev–Trinajstić information content (AvgIpc) is 1.87. The maximum Gasteiger partial charge on any atom is 0.503 e. The smallest absolute Gasteiger partial charge is 0.399 e. The molecule has 0 radical (unpaired) electrons. The van der Waals surface area contributed by atoms with E-state index in [1.807, 2.05) is 30.3 Å². The van der Waals surface area contributed by atoms with E-state index in [0.717, 1.165) is 5.69 Å². The Bertz CT molecular complexity index is 178. The number of anilines is 1. The Kier molecular flexibility index (Phi) is 6.13. The summed E-state index contributed by atoms with van der Waals surface area (Å²) in [6.45, 7) is 0. The molecule has 0 aromatic heterocycles. The van der Waals surface area contributed by atoms with E-state index in [1.54, 1.807) is 0 Å². The summed E-state index contributed by atoms with van der Waals surface area (Å²) in [5.74, 6) is 0. The Hall–Kier alpha value is -0.370. The lowest BCUT2D eigenvalue weighted by atomic mass is 10.3. The Morgan fingerprint density at radius 1 is 1.18 bits per heavy atom. The molecule has 0 aliphatic carbocycles. The van der Waals surface area contributed by atoms with Gasteiger partial charge in [-0.3, -0.25) is 0 Å². The quantitative estimate of drug-likeness (QED) is 0.366. The Balaban J connectivity index is 0.000000218. The van der Waals surface area contributed by atoms with Gasteiger partial charge in [0.15, 0.2) is 0 Å². The maximum atomic E-state index is 8.68. The molecule has 0 bridgehead atoms. The van der Waals surface area contributed by atoms with Crippen LogP contribution in [0.5, 0.6) is 0 Å². The third-order valence-corrected chi connectivity index (χ3v) is 0.800. The molecule has 1 rings (SSSR count). The molecule has 0 spiro atoms. The minimum atomic E-state index is -3.76. The van der Waals surface area contributed by atoms with Crippen LogP contribution in [0.1, 0.15) is 0 Å². The van der Waals surface area contributed by atoms with Crippen LogP contribution >= 0.6 is 0 Å². The van der Waals surface area contributed by atoms with Gasteiger partial charge in [0.05, 0.1) is 0 Å². The fourth-order valence-electron chi connectivity index (χ4n) is 0.453. The number of hydrogen-bond acceptors (Lipinski definition) is 4. The van der Waals surface area contributed by atoms with E-state index in [9.17, 15) is 0 Å². The summed E-state index contributed by atoms with van der Waals surface area (Å²) in [7, 11) is 0. The minimum absolute atomic E-state index is 0.822. The van der Waals surface area contributed by atoms with Gasteiger partial charge in [0.2, 0.25) is 0 Å². The van der Waals surface area contributed by atoms with Gasteiger partial charge < -0.3 is 12.6 Å². The third-order valence-electron chi connectivity index (χ3n) is 0.800. The molecule has 3 N–H and O–H groups in total. The van der Waals surface area contributed by atoms with Gasteiger partial charge in [-0.1, -0.05) is 18.2 Å². The lowest BCUT2D eigenvalue weighted by Crippen LogP contribution is -3.98. The molecular formula is C6H8INO3. The van der Waals surface area contributed by atoms with Crippen molar-refractivity contribution in [2.45, 2.75) is 0 Å². The SMILES string of the molecule is Nc1ccccc1.[O-][I+2]([O-])O. The van der Waals surface area contributed by atoms with Crippen LogP contribution in [0, 0.1) is 0 Å². The van der Waals surface area contributed by atoms with Crippen LogP contribution in [0.3, 0.4) is 0 Å². The molecule has 0 amide bonds. The predicted molar refractivity (Wildman–Crippen MR) is 33.1 cm³/mol. The monoisotopic (exact) mass is 269 g/mol. The topological polar surface area (TPSA) is 92.4 Å². The number of hydrogen-bond donors (Lipinski definition) is 2. The van der Waals surface area contributed by atoms with Crippen molar-refractivity contribution in [3.63, 3.8) is 0 Å². The van der Waals surface area contributed by atoms with Crippen LogP contribution in [-0.4, -0.2) is 3.44 Å². The summed E-state index contributed by atoms with van der Waals surface area (Å²) in [5, 5.41) is 0. The number of benzene rings is 1. The van der Waals surface area contributed by atoms with Gasteiger partial charge in [-0.05, 0) is 15.6 Å². The molecule has 0 saturated carbocycles. The Morgan fingerprint density at radius 2 is 1.55 bits per heavy atom.